The smallest absolute Gasteiger partial charge is 0.143 e. The third-order valence-electron chi connectivity index (χ3n) is 2.67. The molecule has 1 unspecified atom stereocenters. The van der Waals surface area contributed by atoms with Gasteiger partial charge < -0.3 is 18.9 Å². The highest BCUT2D eigenvalue weighted by molar-refractivity contribution is 6.11. The summed E-state index contributed by atoms with van der Waals surface area (Å²) in [7, 11) is 8.98. The third-order valence-corrected chi connectivity index (χ3v) is 2.67. The molecule has 0 aromatic rings. The van der Waals surface area contributed by atoms with E-state index in [1.807, 2.05) is 0 Å². The fourth-order valence-corrected chi connectivity index (χ4v) is 2.16. The standard InChI is InChI=1S/C8H13BO4/c1-10-3-8-4-12-5(6(8)11-2)7(9)13-8/h5-7H,3-4H2,1-2H3/t5-,6?,7-,8+/m0/s1. The van der Waals surface area contributed by atoms with Crippen LogP contribution in [0, 0.1) is 0 Å². The first-order chi connectivity index (χ1) is 6.23. The minimum atomic E-state index is -0.492. The summed E-state index contributed by atoms with van der Waals surface area (Å²) in [6.45, 7) is 0.952. The van der Waals surface area contributed by atoms with E-state index in [4.69, 9.17) is 26.8 Å². The Morgan fingerprint density at radius 1 is 1.54 bits per heavy atom. The number of methoxy groups -OCH3 is 2. The molecule has 2 fully saturated rings. The van der Waals surface area contributed by atoms with Crippen molar-refractivity contribution in [1.29, 1.82) is 0 Å². The van der Waals surface area contributed by atoms with Gasteiger partial charge in [-0.15, -0.1) is 0 Å². The number of hydrogen-bond acceptors (Lipinski definition) is 4. The van der Waals surface area contributed by atoms with Gasteiger partial charge in [0.25, 0.3) is 0 Å². The van der Waals surface area contributed by atoms with E-state index in [1.165, 1.54) is 0 Å². The van der Waals surface area contributed by atoms with Gasteiger partial charge in [-0.1, -0.05) is 0 Å². The third kappa shape index (κ3) is 1.22. The molecule has 4 atom stereocenters. The molecule has 2 aliphatic rings. The summed E-state index contributed by atoms with van der Waals surface area (Å²) in [5.74, 6) is 0. The van der Waals surface area contributed by atoms with Crippen molar-refractivity contribution in [3.63, 3.8) is 0 Å². The van der Waals surface area contributed by atoms with Crippen molar-refractivity contribution in [3.8, 4) is 0 Å². The van der Waals surface area contributed by atoms with Gasteiger partial charge in [0.05, 0.1) is 13.2 Å². The molecule has 0 spiro atoms. The van der Waals surface area contributed by atoms with Gasteiger partial charge in [0.2, 0.25) is 0 Å². The predicted molar refractivity (Wildman–Crippen MR) is 45.8 cm³/mol. The lowest BCUT2D eigenvalue weighted by Crippen LogP contribution is -2.45. The molecule has 0 saturated carbocycles. The Balaban J connectivity index is 2.17. The summed E-state index contributed by atoms with van der Waals surface area (Å²) in [6, 6.07) is -0.395. The monoisotopic (exact) mass is 184 g/mol. The Bertz CT molecular complexity index is 201. The Morgan fingerprint density at radius 2 is 2.31 bits per heavy atom. The topological polar surface area (TPSA) is 36.9 Å². The molecule has 5 heteroatoms. The number of hydrogen-bond donors (Lipinski definition) is 0. The summed E-state index contributed by atoms with van der Waals surface area (Å²) in [4.78, 5) is 0. The van der Waals surface area contributed by atoms with Crippen molar-refractivity contribution in [3.05, 3.63) is 0 Å². The molecule has 0 aromatic heterocycles. The molecule has 2 heterocycles. The van der Waals surface area contributed by atoms with Crippen LogP contribution in [-0.2, 0) is 18.9 Å². The molecule has 0 aromatic carbocycles. The molecule has 2 rings (SSSR count). The largest absolute Gasteiger partial charge is 0.381 e. The lowest BCUT2D eigenvalue weighted by Gasteiger charge is -2.29. The van der Waals surface area contributed by atoms with E-state index in [9.17, 15) is 0 Å². The van der Waals surface area contributed by atoms with E-state index in [0.29, 0.717) is 13.2 Å². The zero-order chi connectivity index (χ0) is 9.47. The van der Waals surface area contributed by atoms with Crippen molar-refractivity contribution in [2.75, 3.05) is 27.4 Å². The molecular weight excluding hydrogens is 171 g/mol. The molecule has 2 bridgehead atoms. The van der Waals surface area contributed by atoms with Gasteiger partial charge >= 0.3 is 0 Å². The van der Waals surface area contributed by atoms with Crippen LogP contribution in [0.25, 0.3) is 0 Å². The molecule has 2 saturated heterocycles. The minimum absolute atomic E-state index is 0.109. The van der Waals surface area contributed by atoms with Crippen LogP contribution in [0.15, 0.2) is 0 Å². The van der Waals surface area contributed by atoms with Gasteiger partial charge in [-0.3, -0.25) is 0 Å². The lowest BCUT2D eigenvalue weighted by molar-refractivity contribution is -0.144. The second-order valence-electron chi connectivity index (χ2n) is 3.51. The summed E-state index contributed by atoms with van der Waals surface area (Å²) in [5.41, 5.74) is -0.492. The van der Waals surface area contributed by atoms with Crippen LogP contribution in [0.2, 0.25) is 0 Å². The first-order valence-corrected chi connectivity index (χ1v) is 4.30. The lowest BCUT2D eigenvalue weighted by atomic mass is 9.92. The molecule has 72 valence electrons. The van der Waals surface area contributed by atoms with E-state index >= 15 is 0 Å². The van der Waals surface area contributed by atoms with Crippen LogP contribution in [0.1, 0.15) is 0 Å². The first kappa shape index (κ1) is 9.46. The normalized spacial score (nSPS) is 48.6. The van der Waals surface area contributed by atoms with Gasteiger partial charge in [0.1, 0.15) is 25.7 Å². The summed E-state index contributed by atoms with van der Waals surface area (Å²) in [5, 5.41) is 0. The summed E-state index contributed by atoms with van der Waals surface area (Å²) >= 11 is 0. The molecule has 0 aliphatic carbocycles. The Morgan fingerprint density at radius 3 is 2.85 bits per heavy atom. The van der Waals surface area contributed by atoms with Crippen LogP contribution in [0.4, 0.5) is 0 Å². The molecular formula is C8H13BO4. The number of fused-ring (bicyclic) bond motifs is 2. The maximum Gasteiger partial charge on any atom is 0.143 e. The fourth-order valence-electron chi connectivity index (χ4n) is 2.16. The molecule has 2 radical (unpaired) electrons. The van der Waals surface area contributed by atoms with E-state index < -0.39 is 11.6 Å². The van der Waals surface area contributed by atoms with E-state index in [0.717, 1.165) is 0 Å². The van der Waals surface area contributed by atoms with Gasteiger partial charge in [0, 0.05) is 20.2 Å². The van der Waals surface area contributed by atoms with Crippen LogP contribution < -0.4 is 0 Å². The second-order valence-corrected chi connectivity index (χ2v) is 3.51. The summed E-state index contributed by atoms with van der Waals surface area (Å²) < 4.78 is 21.5. The zero-order valence-electron chi connectivity index (χ0n) is 7.86. The van der Waals surface area contributed by atoms with Crippen molar-refractivity contribution < 1.29 is 18.9 Å². The maximum absolute atomic E-state index is 5.72. The number of rotatable bonds is 3. The van der Waals surface area contributed by atoms with Crippen molar-refractivity contribution in [2.45, 2.75) is 23.8 Å². The highest BCUT2D eigenvalue weighted by atomic mass is 16.7. The van der Waals surface area contributed by atoms with Crippen LogP contribution >= 0.6 is 0 Å². The SMILES string of the molecule is [B][C@H]1O[C@]2(COC)CO[C@H]1C2OC. The quantitative estimate of drug-likeness (QED) is 0.544. The molecule has 0 amide bonds. The summed E-state index contributed by atoms with van der Waals surface area (Å²) in [6.07, 6.45) is -0.261. The van der Waals surface area contributed by atoms with Crippen LogP contribution in [0.3, 0.4) is 0 Å². The average molecular weight is 184 g/mol. The molecule has 4 nitrogen and oxygen atoms in total. The van der Waals surface area contributed by atoms with E-state index in [-0.39, 0.29) is 12.2 Å². The maximum atomic E-state index is 5.72. The van der Waals surface area contributed by atoms with Gasteiger partial charge in [-0.2, -0.15) is 0 Å². The van der Waals surface area contributed by atoms with Gasteiger partial charge in [-0.05, 0) is 0 Å². The van der Waals surface area contributed by atoms with Crippen molar-refractivity contribution >= 4 is 7.85 Å². The highest BCUT2D eigenvalue weighted by Gasteiger charge is 2.60. The van der Waals surface area contributed by atoms with Crippen molar-refractivity contribution in [2.24, 2.45) is 0 Å². The fraction of sp³-hybridized carbons (Fsp3) is 1.00. The average Bonchev–Trinajstić information content (AvgIpc) is 2.55. The Labute approximate surface area is 78.9 Å². The second kappa shape index (κ2) is 3.24. The number of ether oxygens (including phenoxy) is 4. The molecule has 0 N–H and O–H groups in total. The Hall–Kier alpha value is -0.0951. The van der Waals surface area contributed by atoms with E-state index in [2.05, 4.69) is 0 Å². The predicted octanol–water partition coefficient (Wildman–Crippen LogP) is -0.690. The van der Waals surface area contributed by atoms with Crippen LogP contribution in [0.5, 0.6) is 0 Å². The minimum Gasteiger partial charge on any atom is -0.381 e. The van der Waals surface area contributed by atoms with Crippen molar-refractivity contribution in [1.82, 2.24) is 0 Å². The first-order valence-electron chi connectivity index (χ1n) is 4.30. The van der Waals surface area contributed by atoms with E-state index in [1.54, 1.807) is 14.2 Å². The van der Waals surface area contributed by atoms with Gasteiger partial charge in [-0.25, -0.2) is 0 Å². The Kier molecular flexibility index (Phi) is 2.36. The zero-order valence-corrected chi connectivity index (χ0v) is 7.86. The molecule has 2 aliphatic heterocycles. The molecule has 13 heavy (non-hydrogen) atoms. The van der Waals surface area contributed by atoms with Crippen LogP contribution in [-0.4, -0.2) is 59.1 Å². The van der Waals surface area contributed by atoms with Gasteiger partial charge in [0.15, 0.2) is 0 Å². The highest BCUT2D eigenvalue weighted by Crippen LogP contribution is 2.40.